The molecule has 0 saturated carbocycles. The van der Waals surface area contributed by atoms with Crippen LogP contribution in [0.3, 0.4) is 0 Å². The Morgan fingerprint density at radius 1 is 1.22 bits per heavy atom. The van der Waals surface area contributed by atoms with Crippen molar-refractivity contribution >= 4 is 11.8 Å². The molecular weight excluding hydrogens is 314 g/mol. The van der Waals surface area contributed by atoms with Crippen molar-refractivity contribution in [1.29, 1.82) is 0 Å². The highest BCUT2D eigenvalue weighted by Crippen LogP contribution is 2.35. The molecular formula is C15H17N5O2S. The van der Waals surface area contributed by atoms with Crippen molar-refractivity contribution in [3.63, 3.8) is 0 Å². The summed E-state index contributed by atoms with van der Waals surface area (Å²) in [5.41, 5.74) is 0.636. The van der Waals surface area contributed by atoms with Gasteiger partial charge in [-0.2, -0.15) is 4.98 Å². The molecule has 0 N–H and O–H groups in total. The molecule has 3 aromatic rings. The molecule has 0 radical (unpaired) electrons. The third-order valence-electron chi connectivity index (χ3n) is 3.05. The molecule has 7 nitrogen and oxygen atoms in total. The Morgan fingerprint density at radius 2 is 2.04 bits per heavy atom. The van der Waals surface area contributed by atoms with Gasteiger partial charge < -0.3 is 8.94 Å². The second kappa shape index (κ2) is 6.11. The number of rotatable bonds is 4. The molecule has 1 atom stereocenters. The lowest BCUT2D eigenvalue weighted by molar-refractivity contribution is 0.363. The maximum Gasteiger partial charge on any atom is 0.277 e. The Balaban J connectivity index is 1.72. The Morgan fingerprint density at radius 3 is 2.70 bits per heavy atom. The predicted octanol–water partition coefficient (Wildman–Crippen LogP) is 3.67. The monoisotopic (exact) mass is 331 g/mol. The van der Waals surface area contributed by atoms with Crippen LogP contribution in [-0.4, -0.2) is 25.3 Å². The summed E-state index contributed by atoms with van der Waals surface area (Å²) in [6.45, 7) is 8.07. The second-order valence-corrected chi connectivity index (χ2v) is 7.37. The summed E-state index contributed by atoms with van der Waals surface area (Å²) in [4.78, 5) is 8.48. The molecule has 3 rings (SSSR count). The van der Waals surface area contributed by atoms with Gasteiger partial charge in [0, 0.05) is 17.8 Å². The molecule has 8 heteroatoms. The van der Waals surface area contributed by atoms with Gasteiger partial charge in [0.05, 0.1) is 10.8 Å². The van der Waals surface area contributed by atoms with Gasteiger partial charge in [-0.15, -0.1) is 10.2 Å². The fourth-order valence-electron chi connectivity index (χ4n) is 1.77. The van der Waals surface area contributed by atoms with Crippen molar-refractivity contribution in [2.45, 2.75) is 43.6 Å². The summed E-state index contributed by atoms with van der Waals surface area (Å²) in [6.07, 6.45) is 3.37. The highest BCUT2D eigenvalue weighted by molar-refractivity contribution is 7.99. The average molecular weight is 331 g/mol. The van der Waals surface area contributed by atoms with Crippen molar-refractivity contribution in [2.24, 2.45) is 0 Å². The van der Waals surface area contributed by atoms with E-state index >= 15 is 0 Å². The molecule has 0 amide bonds. The van der Waals surface area contributed by atoms with E-state index in [1.54, 1.807) is 12.4 Å². The predicted molar refractivity (Wildman–Crippen MR) is 84.8 cm³/mol. The zero-order chi connectivity index (χ0) is 16.4. The Labute approximate surface area is 137 Å². The summed E-state index contributed by atoms with van der Waals surface area (Å²) in [6, 6.07) is 3.69. The Bertz CT molecular complexity index is 779. The molecule has 0 unspecified atom stereocenters. The Kier molecular flexibility index (Phi) is 4.16. The average Bonchev–Trinajstić information content (AvgIpc) is 3.17. The maximum absolute atomic E-state index is 5.65. The van der Waals surface area contributed by atoms with E-state index in [2.05, 4.69) is 25.3 Å². The molecule has 0 aliphatic carbocycles. The number of pyridine rings is 1. The van der Waals surface area contributed by atoms with Gasteiger partial charge >= 0.3 is 0 Å². The van der Waals surface area contributed by atoms with E-state index in [0.717, 1.165) is 5.56 Å². The molecule has 0 fully saturated rings. The minimum Gasteiger partial charge on any atom is -0.411 e. The van der Waals surface area contributed by atoms with Crippen molar-refractivity contribution in [3.8, 4) is 11.5 Å². The molecule has 3 heterocycles. The third kappa shape index (κ3) is 3.58. The van der Waals surface area contributed by atoms with Crippen LogP contribution >= 0.6 is 11.8 Å². The summed E-state index contributed by atoms with van der Waals surface area (Å²) >= 11 is 1.38. The molecule has 120 valence electrons. The summed E-state index contributed by atoms with van der Waals surface area (Å²) in [7, 11) is 0. The van der Waals surface area contributed by atoms with Crippen LogP contribution in [-0.2, 0) is 5.41 Å². The van der Waals surface area contributed by atoms with Crippen molar-refractivity contribution < 1.29 is 8.94 Å². The van der Waals surface area contributed by atoms with E-state index < -0.39 is 0 Å². The van der Waals surface area contributed by atoms with Crippen LogP contribution in [0.5, 0.6) is 0 Å². The van der Waals surface area contributed by atoms with Crippen LogP contribution in [0.2, 0.25) is 0 Å². The smallest absolute Gasteiger partial charge is 0.277 e. The highest BCUT2D eigenvalue weighted by Gasteiger charge is 2.24. The van der Waals surface area contributed by atoms with Crippen LogP contribution < -0.4 is 0 Å². The largest absolute Gasteiger partial charge is 0.411 e. The maximum atomic E-state index is 5.65. The van der Waals surface area contributed by atoms with Gasteiger partial charge in [0.15, 0.2) is 5.82 Å². The van der Waals surface area contributed by atoms with Gasteiger partial charge in [-0.05, 0) is 19.1 Å². The van der Waals surface area contributed by atoms with Gasteiger partial charge in [0.1, 0.15) is 0 Å². The standard InChI is InChI=1S/C15H17N5O2S/c1-9(11-17-13(20-22-11)15(2,3)4)23-14-19-18-12(21-14)10-6-5-7-16-8-10/h5-9H,1-4H3/t9-/m0/s1. The zero-order valence-corrected chi connectivity index (χ0v) is 14.2. The van der Waals surface area contributed by atoms with E-state index in [1.165, 1.54) is 11.8 Å². The van der Waals surface area contributed by atoms with Crippen molar-refractivity contribution in [3.05, 3.63) is 36.2 Å². The van der Waals surface area contributed by atoms with Crippen LogP contribution in [0.15, 0.2) is 38.7 Å². The van der Waals surface area contributed by atoms with Crippen molar-refractivity contribution in [2.75, 3.05) is 0 Å². The first kappa shape index (κ1) is 15.7. The first-order valence-electron chi connectivity index (χ1n) is 7.18. The normalized spacial score (nSPS) is 13.2. The first-order chi connectivity index (χ1) is 10.9. The van der Waals surface area contributed by atoms with Crippen molar-refractivity contribution in [1.82, 2.24) is 25.3 Å². The van der Waals surface area contributed by atoms with Gasteiger partial charge in [0.25, 0.3) is 5.22 Å². The van der Waals surface area contributed by atoms with Crippen LogP contribution in [0.25, 0.3) is 11.5 Å². The van der Waals surface area contributed by atoms with E-state index in [0.29, 0.717) is 22.8 Å². The van der Waals surface area contributed by atoms with Crippen LogP contribution in [0.1, 0.15) is 44.7 Å². The molecule has 0 spiro atoms. The van der Waals surface area contributed by atoms with Gasteiger partial charge in [0.2, 0.25) is 11.8 Å². The number of aromatic nitrogens is 5. The van der Waals surface area contributed by atoms with Gasteiger partial charge in [-0.1, -0.05) is 37.7 Å². The molecule has 3 aromatic heterocycles. The lowest BCUT2D eigenvalue weighted by atomic mass is 9.96. The Hall–Kier alpha value is -2.22. The van der Waals surface area contributed by atoms with E-state index in [1.807, 2.05) is 39.8 Å². The number of hydrogen-bond donors (Lipinski definition) is 0. The summed E-state index contributed by atoms with van der Waals surface area (Å²) < 4.78 is 11.0. The summed E-state index contributed by atoms with van der Waals surface area (Å²) in [5, 5.41) is 12.5. The minimum absolute atomic E-state index is 0.0826. The van der Waals surface area contributed by atoms with Gasteiger partial charge in [-0.3, -0.25) is 4.98 Å². The van der Waals surface area contributed by atoms with Crippen LogP contribution in [0, 0.1) is 0 Å². The highest BCUT2D eigenvalue weighted by atomic mass is 32.2. The fraction of sp³-hybridized carbons (Fsp3) is 0.400. The SMILES string of the molecule is C[C@H](Sc1nnc(-c2cccnc2)o1)c1nc(C(C)(C)C)no1. The second-order valence-electron chi connectivity index (χ2n) is 6.08. The first-order valence-corrected chi connectivity index (χ1v) is 8.06. The number of hydrogen-bond acceptors (Lipinski definition) is 8. The van der Waals surface area contributed by atoms with E-state index in [-0.39, 0.29) is 10.7 Å². The quantitative estimate of drug-likeness (QED) is 0.669. The lowest BCUT2D eigenvalue weighted by Gasteiger charge is -2.11. The zero-order valence-electron chi connectivity index (χ0n) is 13.3. The molecule has 0 aliphatic rings. The molecule has 0 bridgehead atoms. The number of nitrogens with zero attached hydrogens (tertiary/aromatic N) is 5. The fourth-order valence-corrected chi connectivity index (χ4v) is 2.48. The molecule has 23 heavy (non-hydrogen) atoms. The molecule has 0 aliphatic heterocycles. The minimum atomic E-state index is -0.149. The summed E-state index contributed by atoms with van der Waals surface area (Å²) in [5.74, 6) is 1.66. The van der Waals surface area contributed by atoms with Gasteiger partial charge in [-0.25, -0.2) is 0 Å². The van der Waals surface area contributed by atoms with E-state index in [4.69, 9.17) is 8.94 Å². The molecule has 0 aromatic carbocycles. The third-order valence-corrected chi connectivity index (χ3v) is 3.97. The lowest BCUT2D eigenvalue weighted by Crippen LogP contribution is -2.13. The molecule has 0 saturated heterocycles. The van der Waals surface area contributed by atoms with E-state index in [9.17, 15) is 0 Å². The van der Waals surface area contributed by atoms with Crippen LogP contribution in [0.4, 0.5) is 0 Å². The topological polar surface area (TPSA) is 90.7 Å². The number of thioether (sulfide) groups is 1.